The Bertz CT molecular complexity index is 866. The third kappa shape index (κ3) is 4.67. The van der Waals surface area contributed by atoms with E-state index in [-0.39, 0.29) is 16.3 Å². The summed E-state index contributed by atoms with van der Waals surface area (Å²) >= 11 is 2.76. The highest BCUT2D eigenvalue weighted by molar-refractivity contribution is 9.10. The van der Waals surface area contributed by atoms with Crippen molar-refractivity contribution in [2.24, 2.45) is 5.92 Å². The van der Waals surface area contributed by atoms with Crippen LogP contribution in [0.1, 0.15) is 28.9 Å². The number of benzene rings is 1. The molecule has 2 aromatic rings. The average molecular weight is 457 g/mol. The van der Waals surface area contributed by atoms with Gasteiger partial charge in [0.05, 0.1) is 4.47 Å². The molecule has 148 valence electrons. The molecule has 2 heterocycles. The first kappa shape index (κ1) is 20.2. The van der Waals surface area contributed by atoms with Gasteiger partial charge < -0.3 is 4.90 Å². The maximum absolute atomic E-state index is 12.9. The molecular weight excluding hydrogens is 441 g/mol. The molecule has 1 aromatic carbocycles. The predicted octanol–water partition coefficient (Wildman–Crippen LogP) is 3.93. The summed E-state index contributed by atoms with van der Waals surface area (Å²) in [5.74, 6) is -1.11. The van der Waals surface area contributed by atoms with Crippen LogP contribution in [0.15, 0.2) is 34.9 Å². The number of hydrogen-bond acceptors (Lipinski definition) is 5. The molecule has 0 aliphatic carbocycles. The van der Waals surface area contributed by atoms with Crippen LogP contribution in [0.2, 0.25) is 0 Å². The SMILES string of the molecule is O=Cc1ccc(N2CCC(C(=O)Nc3ncc(Br)c(C(F)(F)F)n3)CC2)cc1. The quantitative estimate of drug-likeness (QED) is 0.705. The Hall–Kier alpha value is -2.49. The largest absolute Gasteiger partial charge is 0.434 e. The standard InChI is InChI=1S/C18H16BrF3N4O2/c19-14-9-23-17(24-15(14)18(20,21)22)25-16(28)12-5-7-26(8-6-12)13-3-1-11(10-27)2-4-13/h1-4,9-10,12H,5-8H2,(H,23,24,25,28). The van der Waals surface area contributed by atoms with E-state index < -0.39 is 17.8 Å². The van der Waals surface area contributed by atoms with Crippen LogP contribution in [0, 0.1) is 5.92 Å². The fourth-order valence-corrected chi connectivity index (χ4v) is 3.42. The molecule has 3 rings (SSSR count). The lowest BCUT2D eigenvalue weighted by molar-refractivity contribution is -0.141. The third-order valence-electron chi connectivity index (χ3n) is 4.51. The van der Waals surface area contributed by atoms with Gasteiger partial charge in [-0.15, -0.1) is 0 Å². The van der Waals surface area contributed by atoms with Crippen LogP contribution in [0.25, 0.3) is 0 Å². The van der Waals surface area contributed by atoms with Crippen molar-refractivity contribution in [2.45, 2.75) is 19.0 Å². The molecule has 1 amide bonds. The number of nitrogens with zero attached hydrogens (tertiary/aromatic N) is 3. The van der Waals surface area contributed by atoms with Crippen molar-refractivity contribution in [1.82, 2.24) is 9.97 Å². The van der Waals surface area contributed by atoms with Gasteiger partial charge in [0, 0.05) is 36.5 Å². The van der Waals surface area contributed by atoms with Gasteiger partial charge in [-0.1, -0.05) is 0 Å². The maximum Gasteiger partial charge on any atom is 0.434 e. The van der Waals surface area contributed by atoms with Gasteiger partial charge in [-0.3, -0.25) is 14.9 Å². The molecule has 0 radical (unpaired) electrons. The number of amides is 1. The molecule has 1 N–H and O–H groups in total. The zero-order valence-corrected chi connectivity index (χ0v) is 16.1. The van der Waals surface area contributed by atoms with E-state index in [9.17, 15) is 22.8 Å². The number of nitrogens with one attached hydrogen (secondary N) is 1. The molecule has 28 heavy (non-hydrogen) atoms. The number of aldehydes is 1. The molecule has 1 aliphatic rings. The molecule has 1 fully saturated rings. The monoisotopic (exact) mass is 456 g/mol. The van der Waals surface area contributed by atoms with Gasteiger partial charge in [0.15, 0.2) is 5.69 Å². The Kier molecular flexibility index (Phi) is 5.97. The van der Waals surface area contributed by atoms with Crippen molar-refractivity contribution < 1.29 is 22.8 Å². The maximum atomic E-state index is 12.9. The first-order valence-corrected chi connectivity index (χ1v) is 9.28. The lowest BCUT2D eigenvalue weighted by Gasteiger charge is -2.33. The molecule has 0 bridgehead atoms. The number of piperidine rings is 1. The van der Waals surface area contributed by atoms with Gasteiger partial charge in [-0.05, 0) is 53.0 Å². The van der Waals surface area contributed by atoms with Crippen molar-refractivity contribution in [3.63, 3.8) is 0 Å². The molecule has 1 saturated heterocycles. The number of hydrogen-bond donors (Lipinski definition) is 1. The molecule has 1 aliphatic heterocycles. The summed E-state index contributed by atoms with van der Waals surface area (Å²) in [6, 6.07) is 7.14. The predicted molar refractivity (Wildman–Crippen MR) is 100 cm³/mol. The summed E-state index contributed by atoms with van der Waals surface area (Å²) in [7, 11) is 0. The normalized spacial score (nSPS) is 15.4. The zero-order chi connectivity index (χ0) is 20.3. The Morgan fingerprint density at radius 3 is 2.43 bits per heavy atom. The molecule has 0 spiro atoms. The summed E-state index contributed by atoms with van der Waals surface area (Å²) in [6.45, 7) is 1.24. The topological polar surface area (TPSA) is 75.2 Å². The van der Waals surface area contributed by atoms with Crippen LogP contribution in [-0.2, 0) is 11.0 Å². The molecule has 1 aromatic heterocycles. The highest BCUT2D eigenvalue weighted by atomic mass is 79.9. The lowest BCUT2D eigenvalue weighted by Crippen LogP contribution is -2.38. The highest BCUT2D eigenvalue weighted by Gasteiger charge is 2.36. The Labute approximate surface area is 167 Å². The second-order valence-electron chi connectivity index (χ2n) is 6.35. The lowest BCUT2D eigenvalue weighted by atomic mass is 9.95. The van der Waals surface area contributed by atoms with E-state index in [4.69, 9.17) is 0 Å². The summed E-state index contributed by atoms with van der Waals surface area (Å²) in [6.07, 6.45) is -1.81. The third-order valence-corrected chi connectivity index (χ3v) is 5.09. The molecule has 10 heteroatoms. The van der Waals surface area contributed by atoms with Crippen molar-refractivity contribution in [2.75, 3.05) is 23.3 Å². The van der Waals surface area contributed by atoms with E-state index in [1.54, 1.807) is 12.1 Å². The smallest absolute Gasteiger partial charge is 0.371 e. The van der Waals surface area contributed by atoms with Crippen LogP contribution >= 0.6 is 15.9 Å². The van der Waals surface area contributed by atoms with Crippen LogP contribution in [-0.4, -0.2) is 35.3 Å². The molecule has 6 nitrogen and oxygen atoms in total. The van der Waals surface area contributed by atoms with Crippen LogP contribution in [0.3, 0.4) is 0 Å². The molecular formula is C18H16BrF3N4O2. The van der Waals surface area contributed by atoms with Crippen LogP contribution < -0.4 is 10.2 Å². The van der Waals surface area contributed by atoms with Gasteiger partial charge in [-0.25, -0.2) is 9.97 Å². The number of alkyl halides is 3. The van der Waals surface area contributed by atoms with Crippen LogP contribution in [0.5, 0.6) is 0 Å². The number of aromatic nitrogens is 2. The fourth-order valence-electron chi connectivity index (χ4n) is 3.00. The fraction of sp³-hybridized carbons (Fsp3) is 0.333. The molecule has 0 saturated carbocycles. The van der Waals surface area contributed by atoms with E-state index >= 15 is 0 Å². The Morgan fingerprint density at radius 2 is 1.86 bits per heavy atom. The van der Waals surface area contributed by atoms with Gasteiger partial charge in [0.2, 0.25) is 11.9 Å². The van der Waals surface area contributed by atoms with Gasteiger partial charge >= 0.3 is 6.18 Å². The van der Waals surface area contributed by atoms with Crippen molar-refractivity contribution in [3.05, 3.63) is 46.2 Å². The molecule has 0 unspecified atom stereocenters. The number of halogens is 4. The van der Waals surface area contributed by atoms with E-state index in [1.807, 2.05) is 12.1 Å². The summed E-state index contributed by atoms with van der Waals surface area (Å²) < 4.78 is 38.5. The van der Waals surface area contributed by atoms with Crippen molar-refractivity contribution in [1.29, 1.82) is 0 Å². The minimum Gasteiger partial charge on any atom is -0.371 e. The van der Waals surface area contributed by atoms with Gasteiger partial charge in [0.25, 0.3) is 0 Å². The minimum absolute atomic E-state index is 0.285. The summed E-state index contributed by atoms with van der Waals surface area (Å²) in [5.41, 5.74) is 0.410. The van der Waals surface area contributed by atoms with Gasteiger partial charge in [0.1, 0.15) is 6.29 Å². The Balaban J connectivity index is 1.60. The number of rotatable bonds is 4. The van der Waals surface area contributed by atoms with E-state index in [1.165, 1.54) is 0 Å². The van der Waals surface area contributed by atoms with Crippen molar-refractivity contribution >= 4 is 39.8 Å². The number of anilines is 2. The van der Waals surface area contributed by atoms with Gasteiger partial charge in [-0.2, -0.15) is 13.2 Å². The van der Waals surface area contributed by atoms with Crippen molar-refractivity contribution in [3.8, 4) is 0 Å². The number of carbonyl (C=O) groups excluding carboxylic acids is 2. The molecule has 0 atom stereocenters. The van der Waals surface area contributed by atoms with E-state index in [2.05, 4.69) is 36.1 Å². The zero-order valence-electron chi connectivity index (χ0n) is 14.5. The Morgan fingerprint density at radius 1 is 1.21 bits per heavy atom. The summed E-state index contributed by atoms with van der Waals surface area (Å²) in [5, 5.41) is 2.38. The van der Waals surface area contributed by atoms with E-state index in [0.29, 0.717) is 31.5 Å². The average Bonchev–Trinajstić information content (AvgIpc) is 2.69. The first-order valence-electron chi connectivity index (χ1n) is 8.48. The number of carbonyl (C=O) groups is 2. The minimum atomic E-state index is -4.65. The second kappa shape index (κ2) is 8.26. The second-order valence-corrected chi connectivity index (χ2v) is 7.20. The van der Waals surface area contributed by atoms with Crippen LogP contribution in [0.4, 0.5) is 24.8 Å². The highest BCUT2D eigenvalue weighted by Crippen LogP contribution is 2.33. The summed E-state index contributed by atoms with van der Waals surface area (Å²) in [4.78, 5) is 32.4. The first-order chi connectivity index (χ1) is 13.3. The van der Waals surface area contributed by atoms with E-state index in [0.717, 1.165) is 18.2 Å².